The Kier molecular flexibility index (Phi) is 5.91. The monoisotopic (exact) mass is 344 g/mol. The molecule has 0 radical (unpaired) electrons. The predicted octanol–water partition coefficient (Wildman–Crippen LogP) is 1.87. The number of nitrogens with one attached hydrogen (secondary N) is 1. The molecule has 3 amide bonds. The number of carbonyl (C=O) groups is 2. The summed E-state index contributed by atoms with van der Waals surface area (Å²) < 4.78 is 0. The maximum Gasteiger partial charge on any atom is 0.312 e. The van der Waals surface area contributed by atoms with Crippen molar-refractivity contribution in [3.63, 3.8) is 0 Å². The third-order valence-corrected chi connectivity index (χ3v) is 5.30. The van der Waals surface area contributed by atoms with E-state index in [0.29, 0.717) is 6.04 Å². The van der Waals surface area contributed by atoms with Crippen molar-refractivity contribution in [3.8, 4) is 0 Å². The first kappa shape index (κ1) is 17.7. The zero-order chi connectivity index (χ0) is 17.6. The summed E-state index contributed by atoms with van der Waals surface area (Å²) in [5.41, 5.74) is 6.21. The fourth-order valence-corrected chi connectivity index (χ4v) is 4.00. The lowest BCUT2D eigenvalue weighted by atomic mass is 10.0. The van der Waals surface area contributed by atoms with Gasteiger partial charge in [-0.05, 0) is 44.3 Å². The van der Waals surface area contributed by atoms with E-state index in [0.717, 1.165) is 38.2 Å². The van der Waals surface area contributed by atoms with Gasteiger partial charge in [-0.3, -0.25) is 9.69 Å². The Morgan fingerprint density at radius 1 is 1.12 bits per heavy atom. The molecule has 0 bridgehead atoms. The van der Waals surface area contributed by atoms with Crippen LogP contribution in [-0.2, 0) is 4.79 Å². The molecule has 6 heteroatoms. The van der Waals surface area contributed by atoms with E-state index in [1.54, 1.807) is 0 Å². The fraction of sp³-hybridized carbons (Fsp3) is 0.579. The topological polar surface area (TPSA) is 78.7 Å². The van der Waals surface area contributed by atoms with Gasteiger partial charge in [0, 0.05) is 19.1 Å². The molecule has 0 aliphatic carbocycles. The van der Waals surface area contributed by atoms with Gasteiger partial charge in [0.15, 0.2) is 0 Å². The van der Waals surface area contributed by atoms with Gasteiger partial charge in [0.25, 0.3) is 0 Å². The summed E-state index contributed by atoms with van der Waals surface area (Å²) in [7, 11) is 0. The molecule has 2 atom stereocenters. The van der Waals surface area contributed by atoms with Crippen LogP contribution < -0.4 is 11.1 Å². The average Bonchev–Trinajstić information content (AvgIpc) is 3.16. The van der Waals surface area contributed by atoms with Crippen LogP contribution in [0.4, 0.5) is 4.79 Å². The highest BCUT2D eigenvalue weighted by atomic mass is 16.2. The molecule has 136 valence electrons. The lowest BCUT2D eigenvalue weighted by Crippen LogP contribution is -2.49. The molecule has 25 heavy (non-hydrogen) atoms. The fourth-order valence-electron chi connectivity index (χ4n) is 4.00. The molecule has 2 heterocycles. The van der Waals surface area contributed by atoms with E-state index in [1.807, 2.05) is 35.2 Å². The molecule has 2 saturated heterocycles. The molecular formula is C19H28N4O2. The minimum Gasteiger partial charge on any atom is -0.352 e. The van der Waals surface area contributed by atoms with Gasteiger partial charge in [0.2, 0.25) is 5.91 Å². The number of rotatable bonds is 5. The third kappa shape index (κ3) is 4.72. The summed E-state index contributed by atoms with van der Waals surface area (Å²) in [5.74, 6) is 0.0894. The molecule has 1 aromatic carbocycles. The van der Waals surface area contributed by atoms with Gasteiger partial charge in [-0.1, -0.05) is 30.3 Å². The Hall–Kier alpha value is -2.08. The molecule has 0 saturated carbocycles. The standard InChI is InChI=1S/C19H28N4O2/c20-19(25)21-17(15-7-2-1-3-8-15)13-18(24)23-12-6-9-16(14-23)22-10-4-5-11-22/h1-3,7-8,16-17H,4-6,9-14H2,(H3,20,21,25)/t16-,17-/m0/s1. The maximum atomic E-state index is 12.8. The summed E-state index contributed by atoms with van der Waals surface area (Å²) in [5, 5.41) is 2.71. The van der Waals surface area contributed by atoms with Gasteiger partial charge in [-0.15, -0.1) is 0 Å². The molecular weight excluding hydrogens is 316 g/mol. The third-order valence-electron chi connectivity index (χ3n) is 5.30. The zero-order valence-corrected chi connectivity index (χ0v) is 14.7. The van der Waals surface area contributed by atoms with Crippen LogP contribution in [0.1, 0.15) is 43.7 Å². The summed E-state index contributed by atoms with van der Waals surface area (Å²) >= 11 is 0. The van der Waals surface area contributed by atoms with Crippen molar-refractivity contribution >= 4 is 11.9 Å². The van der Waals surface area contributed by atoms with Crippen LogP contribution in [0.25, 0.3) is 0 Å². The van der Waals surface area contributed by atoms with Crippen molar-refractivity contribution < 1.29 is 9.59 Å². The van der Waals surface area contributed by atoms with E-state index in [4.69, 9.17) is 5.73 Å². The molecule has 3 rings (SSSR count). The molecule has 3 N–H and O–H groups in total. The van der Waals surface area contributed by atoms with Crippen molar-refractivity contribution in [2.24, 2.45) is 5.73 Å². The Morgan fingerprint density at radius 3 is 2.52 bits per heavy atom. The second-order valence-corrected chi connectivity index (χ2v) is 7.05. The van der Waals surface area contributed by atoms with Crippen molar-refractivity contribution in [2.45, 2.75) is 44.2 Å². The Balaban J connectivity index is 1.63. The highest BCUT2D eigenvalue weighted by Crippen LogP contribution is 2.23. The van der Waals surface area contributed by atoms with E-state index in [-0.39, 0.29) is 18.4 Å². The highest BCUT2D eigenvalue weighted by Gasteiger charge is 2.30. The van der Waals surface area contributed by atoms with E-state index >= 15 is 0 Å². The first-order valence-corrected chi connectivity index (χ1v) is 9.26. The van der Waals surface area contributed by atoms with Gasteiger partial charge in [0.1, 0.15) is 0 Å². The molecule has 0 spiro atoms. The lowest BCUT2D eigenvalue weighted by molar-refractivity contribution is -0.133. The molecule has 2 aliphatic rings. The van der Waals surface area contributed by atoms with Gasteiger partial charge in [0.05, 0.1) is 12.5 Å². The van der Waals surface area contributed by atoms with Crippen molar-refractivity contribution in [1.82, 2.24) is 15.1 Å². The SMILES string of the molecule is NC(=O)N[C@@H](CC(=O)N1CCC[C@H](N2CCCC2)C1)c1ccccc1. The van der Waals surface area contributed by atoms with Crippen LogP contribution in [0.3, 0.4) is 0 Å². The molecule has 1 aromatic rings. The summed E-state index contributed by atoms with van der Waals surface area (Å²) in [6.07, 6.45) is 5.00. The number of primary amides is 1. The zero-order valence-electron chi connectivity index (χ0n) is 14.7. The first-order chi connectivity index (χ1) is 12.1. The minimum atomic E-state index is -0.602. The number of nitrogens with zero attached hydrogens (tertiary/aromatic N) is 2. The van der Waals surface area contributed by atoms with Gasteiger partial charge >= 0.3 is 6.03 Å². The number of carbonyl (C=O) groups excluding carboxylic acids is 2. The lowest BCUT2D eigenvalue weighted by Gasteiger charge is -2.38. The minimum absolute atomic E-state index is 0.0894. The number of benzene rings is 1. The number of nitrogens with two attached hydrogens (primary N) is 1. The average molecular weight is 344 g/mol. The highest BCUT2D eigenvalue weighted by molar-refractivity contribution is 5.79. The number of likely N-dealkylation sites (tertiary alicyclic amines) is 2. The smallest absolute Gasteiger partial charge is 0.312 e. The molecule has 6 nitrogen and oxygen atoms in total. The van der Waals surface area contributed by atoms with Crippen molar-refractivity contribution in [1.29, 1.82) is 0 Å². The van der Waals surface area contributed by atoms with E-state index in [9.17, 15) is 9.59 Å². The van der Waals surface area contributed by atoms with Crippen molar-refractivity contribution in [2.75, 3.05) is 26.2 Å². The molecule has 0 unspecified atom stereocenters. The number of amides is 3. The van der Waals surface area contributed by atoms with Crippen LogP contribution in [0, 0.1) is 0 Å². The number of urea groups is 1. The van der Waals surface area contributed by atoms with Crippen LogP contribution in [-0.4, -0.2) is 54.0 Å². The van der Waals surface area contributed by atoms with Crippen LogP contribution in [0.5, 0.6) is 0 Å². The summed E-state index contributed by atoms with van der Waals surface area (Å²) in [6.45, 7) is 3.92. The largest absolute Gasteiger partial charge is 0.352 e. The Labute approximate surface area is 149 Å². The van der Waals surface area contributed by atoms with Crippen LogP contribution >= 0.6 is 0 Å². The Morgan fingerprint density at radius 2 is 1.84 bits per heavy atom. The number of piperidine rings is 1. The normalized spacial score (nSPS) is 22.6. The van der Waals surface area contributed by atoms with E-state index in [2.05, 4.69) is 10.2 Å². The summed E-state index contributed by atoms with van der Waals surface area (Å²) in [6, 6.07) is 9.05. The molecule has 0 aromatic heterocycles. The predicted molar refractivity (Wildman–Crippen MR) is 96.9 cm³/mol. The van der Waals surface area contributed by atoms with E-state index in [1.165, 1.54) is 19.3 Å². The van der Waals surface area contributed by atoms with Crippen molar-refractivity contribution in [3.05, 3.63) is 35.9 Å². The molecule has 2 fully saturated rings. The van der Waals surface area contributed by atoms with Gasteiger partial charge < -0.3 is 16.0 Å². The summed E-state index contributed by atoms with van der Waals surface area (Å²) in [4.78, 5) is 28.7. The van der Waals surface area contributed by atoms with Crippen LogP contribution in [0.2, 0.25) is 0 Å². The first-order valence-electron chi connectivity index (χ1n) is 9.26. The van der Waals surface area contributed by atoms with Gasteiger partial charge in [-0.25, -0.2) is 4.79 Å². The maximum absolute atomic E-state index is 12.8. The second kappa shape index (κ2) is 8.34. The van der Waals surface area contributed by atoms with Crippen LogP contribution in [0.15, 0.2) is 30.3 Å². The van der Waals surface area contributed by atoms with Gasteiger partial charge in [-0.2, -0.15) is 0 Å². The molecule has 2 aliphatic heterocycles. The number of hydrogen-bond acceptors (Lipinski definition) is 3. The van der Waals surface area contributed by atoms with E-state index < -0.39 is 6.03 Å². The second-order valence-electron chi connectivity index (χ2n) is 7.05. The quantitative estimate of drug-likeness (QED) is 0.856. The number of hydrogen-bond donors (Lipinski definition) is 2. The Bertz CT molecular complexity index is 586.